The molecule has 1 atom stereocenters. The van der Waals surface area contributed by atoms with Crippen LogP contribution in [0.15, 0.2) is 24.5 Å². The Morgan fingerprint density at radius 3 is 2.75 bits per heavy atom. The van der Waals surface area contributed by atoms with Crippen LogP contribution in [0.5, 0.6) is 0 Å². The topological polar surface area (TPSA) is 9.23 Å². The summed E-state index contributed by atoms with van der Waals surface area (Å²) in [6, 6.07) is 0. The van der Waals surface area contributed by atoms with Crippen LogP contribution in [-0.4, -0.2) is 11.5 Å². The molecule has 0 fully saturated rings. The van der Waals surface area contributed by atoms with E-state index in [0.717, 1.165) is 0 Å². The van der Waals surface area contributed by atoms with E-state index in [1.807, 2.05) is 18.2 Å². The van der Waals surface area contributed by atoms with E-state index < -0.39 is 0 Å². The predicted molar refractivity (Wildman–Crippen MR) is 36.8 cm³/mol. The van der Waals surface area contributed by atoms with Crippen molar-refractivity contribution in [1.29, 1.82) is 0 Å². The van der Waals surface area contributed by atoms with Gasteiger partial charge in [0.05, 0.1) is 6.26 Å². The van der Waals surface area contributed by atoms with E-state index in [2.05, 4.69) is 12.2 Å². The molecule has 1 heterocycles. The summed E-state index contributed by atoms with van der Waals surface area (Å²) in [5, 5.41) is 1.58. The maximum Gasteiger partial charge on any atom is 0.145 e. The van der Waals surface area contributed by atoms with Crippen molar-refractivity contribution in [3.05, 3.63) is 24.5 Å². The second kappa shape index (κ2) is 2.62. The van der Waals surface area contributed by atoms with Crippen molar-refractivity contribution >= 4 is 17.6 Å². The first-order valence-electron chi connectivity index (χ1n) is 2.37. The molecule has 8 heavy (non-hydrogen) atoms. The van der Waals surface area contributed by atoms with Crippen molar-refractivity contribution in [2.75, 3.05) is 0 Å². The maximum absolute atomic E-state index is 5.00. The molecule has 1 nitrogen and oxygen atoms in total. The van der Waals surface area contributed by atoms with Crippen molar-refractivity contribution in [1.82, 2.24) is 0 Å². The number of thiocarbonyl (C=S) groups is 1. The van der Waals surface area contributed by atoms with E-state index in [4.69, 9.17) is 4.74 Å². The summed E-state index contributed by atoms with van der Waals surface area (Å²) in [6.45, 7) is 0. The average Bonchev–Trinajstić information content (AvgIpc) is 1.90. The van der Waals surface area contributed by atoms with Crippen LogP contribution in [0.2, 0.25) is 0 Å². The van der Waals surface area contributed by atoms with E-state index in [9.17, 15) is 0 Å². The van der Waals surface area contributed by atoms with Crippen LogP contribution < -0.4 is 0 Å². The summed E-state index contributed by atoms with van der Waals surface area (Å²) in [4.78, 5) is 0. The van der Waals surface area contributed by atoms with Crippen LogP contribution in [0, 0.1) is 0 Å². The molecule has 0 spiro atoms. The van der Waals surface area contributed by atoms with Crippen molar-refractivity contribution in [2.45, 2.75) is 6.10 Å². The molecular weight excluding hydrogens is 120 g/mol. The number of ether oxygens (including phenoxy) is 1. The first kappa shape index (κ1) is 5.51. The van der Waals surface area contributed by atoms with E-state index in [1.54, 1.807) is 11.6 Å². The number of hydrogen-bond donors (Lipinski definition) is 0. The smallest absolute Gasteiger partial charge is 0.145 e. The van der Waals surface area contributed by atoms with Gasteiger partial charge in [-0.3, -0.25) is 0 Å². The molecule has 0 aromatic carbocycles. The van der Waals surface area contributed by atoms with Gasteiger partial charge in [-0.25, -0.2) is 0 Å². The zero-order valence-electron chi connectivity index (χ0n) is 4.28. The molecule has 0 bridgehead atoms. The Bertz CT molecular complexity index is 137. The third kappa shape index (κ3) is 1.17. The van der Waals surface area contributed by atoms with Gasteiger partial charge in [0.1, 0.15) is 6.10 Å². The monoisotopic (exact) mass is 126 g/mol. The molecule has 42 valence electrons. The van der Waals surface area contributed by atoms with Crippen molar-refractivity contribution < 1.29 is 4.74 Å². The molecule has 0 saturated carbocycles. The molecular formula is C6H6OS. The number of allylic oxidation sites excluding steroid dienone is 2. The fourth-order valence-corrected chi connectivity index (χ4v) is 0.633. The number of hydrogen-bond acceptors (Lipinski definition) is 2. The first-order chi connectivity index (χ1) is 3.93. The molecule has 1 unspecified atom stereocenters. The summed E-state index contributed by atoms with van der Waals surface area (Å²) in [6.07, 6.45) is 7.28. The Balaban J connectivity index is 2.51. The first-order valence-corrected chi connectivity index (χ1v) is 2.85. The summed E-state index contributed by atoms with van der Waals surface area (Å²) < 4.78 is 5.00. The van der Waals surface area contributed by atoms with Gasteiger partial charge >= 0.3 is 0 Å². The molecule has 1 aliphatic heterocycles. The molecule has 0 radical (unpaired) electrons. The highest BCUT2D eigenvalue weighted by Crippen LogP contribution is 1.98. The Morgan fingerprint density at radius 2 is 2.38 bits per heavy atom. The standard InChI is InChI=1S/C6H6OS/c8-5-6-3-1-2-4-7-6/h1-6H. The summed E-state index contributed by atoms with van der Waals surface area (Å²) in [7, 11) is 0. The Hall–Kier alpha value is -0.630. The molecule has 0 amide bonds. The van der Waals surface area contributed by atoms with Crippen LogP contribution in [0.3, 0.4) is 0 Å². The zero-order chi connectivity index (χ0) is 5.82. The van der Waals surface area contributed by atoms with E-state index in [0.29, 0.717) is 0 Å². The third-order valence-corrected chi connectivity index (χ3v) is 1.13. The Labute approximate surface area is 53.7 Å². The minimum atomic E-state index is 0.00926. The van der Waals surface area contributed by atoms with Crippen LogP contribution in [0.1, 0.15) is 0 Å². The average molecular weight is 126 g/mol. The van der Waals surface area contributed by atoms with Gasteiger partial charge in [0.15, 0.2) is 0 Å². The lowest BCUT2D eigenvalue weighted by Gasteiger charge is -2.07. The second-order valence-corrected chi connectivity index (χ2v) is 1.72. The van der Waals surface area contributed by atoms with Crippen LogP contribution >= 0.6 is 12.2 Å². The van der Waals surface area contributed by atoms with Crippen LogP contribution in [0.4, 0.5) is 0 Å². The lowest BCUT2D eigenvalue weighted by atomic mass is 10.3. The fourth-order valence-electron chi connectivity index (χ4n) is 0.478. The highest BCUT2D eigenvalue weighted by Gasteiger charge is 1.97. The second-order valence-electron chi connectivity index (χ2n) is 1.45. The molecule has 0 aromatic rings. The molecule has 0 aromatic heterocycles. The Kier molecular flexibility index (Phi) is 1.80. The van der Waals surface area contributed by atoms with Gasteiger partial charge in [0.25, 0.3) is 0 Å². The molecule has 0 saturated heterocycles. The van der Waals surface area contributed by atoms with Crippen LogP contribution in [0.25, 0.3) is 0 Å². The van der Waals surface area contributed by atoms with Crippen molar-refractivity contribution in [3.63, 3.8) is 0 Å². The molecule has 0 aliphatic carbocycles. The lowest BCUT2D eigenvalue weighted by Crippen LogP contribution is -2.07. The van der Waals surface area contributed by atoms with Gasteiger partial charge < -0.3 is 4.74 Å². The van der Waals surface area contributed by atoms with E-state index in [1.165, 1.54) is 0 Å². The minimum Gasteiger partial charge on any atom is -0.489 e. The normalized spacial score (nSPS) is 24.8. The summed E-state index contributed by atoms with van der Waals surface area (Å²) in [5.74, 6) is 0. The summed E-state index contributed by atoms with van der Waals surface area (Å²) in [5.41, 5.74) is 0. The fraction of sp³-hybridized carbons (Fsp3) is 0.167. The van der Waals surface area contributed by atoms with Gasteiger partial charge in [0, 0.05) is 5.37 Å². The third-order valence-electron chi connectivity index (χ3n) is 0.860. The van der Waals surface area contributed by atoms with Gasteiger partial charge in [-0.15, -0.1) is 0 Å². The highest BCUT2D eigenvalue weighted by molar-refractivity contribution is 7.79. The molecule has 2 heteroatoms. The Morgan fingerprint density at radius 1 is 1.50 bits per heavy atom. The largest absolute Gasteiger partial charge is 0.489 e. The van der Waals surface area contributed by atoms with E-state index >= 15 is 0 Å². The predicted octanol–water partition coefficient (Wildman–Crippen LogP) is 1.45. The van der Waals surface area contributed by atoms with E-state index in [-0.39, 0.29) is 6.10 Å². The van der Waals surface area contributed by atoms with Crippen LogP contribution in [-0.2, 0) is 4.74 Å². The van der Waals surface area contributed by atoms with Crippen molar-refractivity contribution in [3.8, 4) is 0 Å². The molecule has 0 N–H and O–H groups in total. The van der Waals surface area contributed by atoms with Gasteiger partial charge in [-0.2, -0.15) is 0 Å². The molecule has 1 rings (SSSR count). The minimum absolute atomic E-state index is 0.00926. The summed E-state index contributed by atoms with van der Waals surface area (Å²) >= 11 is 4.64. The SMILES string of the molecule is S=CC1C=CC=CO1. The van der Waals surface area contributed by atoms with Gasteiger partial charge in [-0.1, -0.05) is 18.3 Å². The zero-order valence-corrected chi connectivity index (χ0v) is 5.10. The maximum atomic E-state index is 5.00. The molecule has 1 aliphatic rings. The highest BCUT2D eigenvalue weighted by atomic mass is 32.1. The van der Waals surface area contributed by atoms with Gasteiger partial charge in [-0.05, 0) is 12.2 Å². The quantitative estimate of drug-likeness (QED) is 0.492. The van der Waals surface area contributed by atoms with Gasteiger partial charge in [0.2, 0.25) is 0 Å². The number of rotatable bonds is 1. The lowest BCUT2D eigenvalue weighted by molar-refractivity contribution is 0.245. The van der Waals surface area contributed by atoms with Crippen molar-refractivity contribution in [2.24, 2.45) is 0 Å².